The number of nitrogens with zero attached hydrogens (tertiary/aromatic N) is 1. The lowest BCUT2D eigenvalue weighted by molar-refractivity contribution is 0.475. The highest BCUT2D eigenvalue weighted by Crippen LogP contribution is 2.26. The predicted octanol–water partition coefficient (Wildman–Crippen LogP) is 2.19. The molecular formula is C11H15NO. The molecule has 0 aliphatic heterocycles. The molecule has 0 atom stereocenters. The molecule has 0 amide bonds. The van der Waals surface area contributed by atoms with Gasteiger partial charge in [0.2, 0.25) is 0 Å². The first kappa shape index (κ1) is 9.65. The number of anilines is 1. The van der Waals surface area contributed by atoms with E-state index in [0.717, 1.165) is 17.7 Å². The van der Waals surface area contributed by atoms with Gasteiger partial charge in [-0.2, -0.15) is 0 Å². The highest BCUT2D eigenvalue weighted by molar-refractivity contribution is 5.58. The molecule has 0 saturated heterocycles. The van der Waals surface area contributed by atoms with Crippen molar-refractivity contribution in [2.75, 3.05) is 19.0 Å². The number of phenolic OH excluding ortho intramolecular Hbond substituents is 1. The minimum atomic E-state index is 0.317. The number of aromatic hydroxyl groups is 1. The monoisotopic (exact) mass is 177 g/mol. The molecule has 0 heterocycles. The first-order valence-corrected chi connectivity index (χ1v) is 4.25. The van der Waals surface area contributed by atoms with Crippen molar-refractivity contribution in [1.82, 2.24) is 0 Å². The maximum atomic E-state index is 9.51. The normalized spacial score (nSPS) is 9.69. The first-order chi connectivity index (χ1) is 6.15. The minimum absolute atomic E-state index is 0.317. The summed E-state index contributed by atoms with van der Waals surface area (Å²) in [4.78, 5) is 1.89. The Balaban J connectivity index is 3.03. The second-order valence-electron chi connectivity index (χ2n) is 3.21. The summed E-state index contributed by atoms with van der Waals surface area (Å²) in [6, 6.07) is 5.59. The molecule has 2 heteroatoms. The molecule has 0 radical (unpaired) electrons. The fourth-order valence-electron chi connectivity index (χ4n) is 1.22. The number of hydrogen-bond acceptors (Lipinski definition) is 2. The summed E-state index contributed by atoms with van der Waals surface area (Å²) >= 11 is 0. The highest BCUT2D eigenvalue weighted by atomic mass is 16.3. The molecule has 0 fully saturated rings. The van der Waals surface area contributed by atoms with Crippen LogP contribution in [0.1, 0.15) is 5.56 Å². The summed E-state index contributed by atoms with van der Waals surface area (Å²) in [5.74, 6) is 0.317. The largest absolute Gasteiger partial charge is 0.506 e. The molecule has 0 spiro atoms. The molecule has 0 unspecified atom stereocenters. The van der Waals surface area contributed by atoms with Crippen LogP contribution in [-0.4, -0.2) is 19.2 Å². The van der Waals surface area contributed by atoms with Crippen LogP contribution in [0.15, 0.2) is 30.9 Å². The smallest absolute Gasteiger partial charge is 0.138 e. The Morgan fingerprint density at radius 3 is 2.69 bits per heavy atom. The van der Waals surface area contributed by atoms with Crippen molar-refractivity contribution in [2.24, 2.45) is 0 Å². The zero-order valence-corrected chi connectivity index (χ0v) is 8.12. The number of hydrogen-bond donors (Lipinski definition) is 1. The van der Waals surface area contributed by atoms with Crippen molar-refractivity contribution in [3.05, 3.63) is 36.4 Å². The van der Waals surface area contributed by atoms with Crippen molar-refractivity contribution in [1.29, 1.82) is 0 Å². The van der Waals surface area contributed by atoms with Gasteiger partial charge in [-0.1, -0.05) is 12.1 Å². The summed E-state index contributed by atoms with van der Waals surface area (Å²) < 4.78 is 0. The Morgan fingerprint density at radius 2 is 2.15 bits per heavy atom. The number of allylic oxidation sites excluding steroid dienone is 1. The summed E-state index contributed by atoms with van der Waals surface area (Å²) in [6.07, 6.45) is 2.69. The van der Waals surface area contributed by atoms with Gasteiger partial charge in [0.1, 0.15) is 5.75 Å². The van der Waals surface area contributed by atoms with Crippen molar-refractivity contribution < 1.29 is 5.11 Å². The van der Waals surface area contributed by atoms with Crippen LogP contribution < -0.4 is 4.90 Å². The van der Waals surface area contributed by atoms with Gasteiger partial charge >= 0.3 is 0 Å². The molecule has 70 valence electrons. The van der Waals surface area contributed by atoms with E-state index in [4.69, 9.17) is 0 Å². The third kappa shape index (κ3) is 2.25. The third-order valence-corrected chi connectivity index (χ3v) is 1.90. The van der Waals surface area contributed by atoms with Gasteiger partial charge in [-0.05, 0) is 24.1 Å². The molecule has 1 rings (SSSR count). The van der Waals surface area contributed by atoms with Gasteiger partial charge < -0.3 is 10.0 Å². The van der Waals surface area contributed by atoms with Crippen molar-refractivity contribution in [3.63, 3.8) is 0 Å². The van der Waals surface area contributed by atoms with Crippen molar-refractivity contribution in [2.45, 2.75) is 6.42 Å². The Morgan fingerprint density at radius 1 is 1.46 bits per heavy atom. The molecular weight excluding hydrogens is 162 g/mol. The summed E-state index contributed by atoms with van der Waals surface area (Å²) in [5.41, 5.74) is 2.01. The summed E-state index contributed by atoms with van der Waals surface area (Å²) in [6.45, 7) is 3.68. The molecule has 1 N–H and O–H groups in total. The molecule has 13 heavy (non-hydrogen) atoms. The Labute approximate surface area is 79.1 Å². The molecule has 0 aliphatic carbocycles. The maximum absolute atomic E-state index is 9.51. The molecule has 0 aromatic heterocycles. The fourth-order valence-corrected chi connectivity index (χ4v) is 1.22. The first-order valence-electron chi connectivity index (χ1n) is 4.25. The standard InChI is InChI=1S/C11H15NO/c1-4-5-9-6-7-11(13)10(8-9)12(2)3/h4,6-8,13H,1,5H2,2-3H3. The van der Waals surface area contributed by atoms with Crippen LogP contribution in [-0.2, 0) is 6.42 Å². The zero-order valence-electron chi connectivity index (χ0n) is 8.12. The van der Waals surface area contributed by atoms with E-state index in [9.17, 15) is 5.11 Å². The quantitative estimate of drug-likeness (QED) is 0.715. The zero-order chi connectivity index (χ0) is 9.84. The second-order valence-corrected chi connectivity index (χ2v) is 3.21. The van der Waals surface area contributed by atoms with Gasteiger partial charge in [-0.3, -0.25) is 0 Å². The highest BCUT2D eigenvalue weighted by Gasteiger charge is 2.03. The topological polar surface area (TPSA) is 23.5 Å². The van der Waals surface area contributed by atoms with E-state index in [1.807, 2.05) is 37.2 Å². The van der Waals surface area contributed by atoms with E-state index in [-0.39, 0.29) is 0 Å². The van der Waals surface area contributed by atoms with E-state index in [1.165, 1.54) is 0 Å². The van der Waals surface area contributed by atoms with Crippen LogP contribution in [0.5, 0.6) is 5.75 Å². The molecule has 0 aliphatic rings. The molecule has 1 aromatic carbocycles. The van der Waals surface area contributed by atoms with Gasteiger partial charge in [0, 0.05) is 14.1 Å². The SMILES string of the molecule is C=CCc1ccc(O)c(N(C)C)c1. The maximum Gasteiger partial charge on any atom is 0.138 e. The van der Waals surface area contributed by atoms with E-state index in [2.05, 4.69) is 6.58 Å². The van der Waals surface area contributed by atoms with Crippen LogP contribution in [0.2, 0.25) is 0 Å². The van der Waals surface area contributed by atoms with Gasteiger partial charge in [0.15, 0.2) is 0 Å². The summed E-state index contributed by atoms with van der Waals surface area (Å²) in [5, 5.41) is 9.51. The summed E-state index contributed by atoms with van der Waals surface area (Å²) in [7, 11) is 3.82. The van der Waals surface area contributed by atoms with Crippen LogP contribution in [0, 0.1) is 0 Å². The second kappa shape index (κ2) is 3.99. The average molecular weight is 177 g/mol. The lowest BCUT2D eigenvalue weighted by Crippen LogP contribution is -2.09. The average Bonchev–Trinajstić information content (AvgIpc) is 2.08. The van der Waals surface area contributed by atoms with Crippen LogP contribution in [0.4, 0.5) is 5.69 Å². The van der Waals surface area contributed by atoms with Crippen molar-refractivity contribution in [3.8, 4) is 5.75 Å². The minimum Gasteiger partial charge on any atom is -0.506 e. The Bertz CT molecular complexity index is 305. The van der Waals surface area contributed by atoms with Gasteiger partial charge in [-0.15, -0.1) is 6.58 Å². The fraction of sp³-hybridized carbons (Fsp3) is 0.273. The van der Waals surface area contributed by atoms with Crippen LogP contribution in [0.25, 0.3) is 0 Å². The van der Waals surface area contributed by atoms with Crippen molar-refractivity contribution >= 4 is 5.69 Å². The lowest BCUT2D eigenvalue weighted by atomic mass is 10.1. The van der Waals surface area contributed by atoms with E-state index < -0.39 is 0 Å². The van der Waals surface area contributed by atoms with Gasteiger partial charge in [0.05, 0.1) is 5.69 Å². The number of phenols is 1. The van der Waals surface area contributed by atoms with E-state index >= 15 is 0 Å². The van der Waals surface area contributed by atoms with Gasteiger partial charge in [-0.25, -0.2) is 0 Å². The number of benzene rings is 1. The van der Waals surface area contributed by atoms with Gasteiger partial charge in [0.25, 0.3) is 0 Å². The Hall–Kier alpha value is -1.44. The number of rotatable bonds is 3. The molecule has 2 nitrogen and oxygen atoms in total. The molecule has 0 bridgehead atoms. The Kier molecular flexibility index (Phi) is 2.96. The predicted molar refractivity (Wildman–Crippen MR) is 56.3 cm³/mol. The van der Waals surface area contributed by atoms with Crippen LogP contribution >= 0.6 is 0 Å². The van der Waals surface area contributed by atoms with Crippen LogP contribution in [0.3, 0.4) is 0 Å². The lowest BCUT2D eigenvalue weighted by Gasteiger charge is -2.15. The molecule has 0 saturated carbocycles. The third-order valence-electron chi connectivity index (χ3n) is 1.90. The molecule has 1 aromatic rings. The van der Waals surface area contributed by atoms with E-state index in [1.54, 1.807) is 6.07 Å². The van der Waals surface area contributed by atoms with E-state index in [0.29, 0.717) is 5.75 Å².